The quantitative estimate of drug-likeness (QED) is 0.0599. The van der Waals surface area contributed by atoms with E-state index in [2.05, 4.69) is 15.6 Å². The fourth-order valence-corrected chi connectivity index (χ4v) is 8.64. The molecule has 2 atom stereocenters. The number of carbonyl (C=O) groups excluding carboxylic acids is 4. The van der Waals surface area contributed by atoms with Crippen LogP contribution in [0.3, 0.4) is 0 Å². The van der Waals surface area contributed by atoms with Gasteiger partial charge in [0.2, 0.25) is 17.7 Å². The van der Waals surface area contributed by atoms with Crippen LogP contribution in [0, 0.1) is 34.2 Å². The SMILES string of the molecule is CC(C)(C)[C@H](NC(=O)COCCCCCOc1ccc(-c2ncc(N3C(=S)N(c4ccc(C#N)c(C(F)(F)F)c4F)C(=O)C3(C)C)cc2F)cc1F)C(=O)N1CCC[C@H]1C(=O)NCc1ccccc1. The van der Waals surface area contributed by atoms with Gasteiger partial charge in [-0.3, -0.25) is 29.1 Å². The van der Waals surface area contributed by atoms with Crippen LogP contribution >= 0.6 is 12.2 Å². The van der Waals surface area contributed by atoms with Crippen LogP contribution < -0.4 is 25.2 Å². The zero-order valence-electron chi connectivity index (χ0n) is 38.5. The number of ether oxygens (including phenoxy) is 2. The summed E-state index contributed by atoms with van der Waals surface area (Å²) in [6.45, 7) is 9.01. The molecule has 20 heteroatoms. The Labute approximate surface area is 400 Å². The highest BCUT2D eigenvalue weighted by molar-refractivity contribution is 7.81. The molecule has 0 spiro atoms. The second-order valence-electron chi connectivity index (χ2n) is 18.1. The van der Waals surface area contributed by atoms with Gasteiger partial charge in [-0.1, -0.05) is 51.1 Å². The van der Waals surface area contributed by atoms with Crippen LogP contribution in [-0.2, 0) is 36.6 Å². The number of unbranched alkanes of at least 4 members (excludes halogenated alkanes) is 2. The Hall–Kier alpha value is -6.59. The van der Waals surface area contributed by atoms with Crippen molar-refractivity contribution in [2.75, 3.05) is 36.2 Å². The van der Waals surface area contributed by atoms with Crippen LogP contribution in [0.4, 0.5) is 37.7 Å². The average molecular weight is 980 g/mol. The number of rotatable bonds is 17. The molecule has 4 aromatic rings. The molecule has 13 nitrogen and oxygen atoms in total. The molecule has 2 aliphatic rings. The molecule has 1 aromatic heterocycles. The molecule has 0 unspecified atom stereocenters. The lowest BCUT2D eigenvalue weighted by Gasteiger charge is -2.35. The molecule has 0 aliphatic carbocycles. The van der Waals surface area contributed by atoms with Crippen molar-refractivity contribution in [1.82, 2.24) is 20.5 Å². The summed E-state index contributed by atoms with van der Waals surface area (Å²) in [4.78, 5) is 60.7. The van der Waals surface area contributed by atoms with Gasteiger partial charge in [0.1, 0.15) is 35.5 Å². The lowest BCUT2D eigenvalue weighted by atomic mass is 9.85. The van der Waals surface area contributed by atoms with Crippen LogP contribution in [0.25, 0.3) is 11.3 Å². The van der Waals surface area contributed by atoms with Gasteiger partial charge in [-0.15, -0.1) is 0 Å². The zero-order valence-corrected chi connectivity index (χ0v) is 39.3. The molecule has 2 N–H and O–H groups in total. The van der Waals surface area contributed by atoms with E-state index in [4.69, 9.17) is 27.0 Å². The fraction of sp³-hybridized carbons (Fsp3) is 0.408. The van der Waals surface area contributed by atoms with Crippen molar-refractivity contribution in [1.29, 1.82) is 5.26 Å². The number of thiocarbonyl (C=S) groups is 1. The lowest BCUT2D eigenvalue weighted by molar-refractivity contribution is -0.144. The van der Waals surface area contributed by atoms with Gasteiger partial charge in [-0.05, 0) is 99.5 Å². The summed E-state index contributed by atoms with van der Waals surface area (Å²) in [6.07, 6.45) is -1.31. The number of benzene rings is 3. The maximum absolute atomic E-state index is 15.7. The third kappa shape index (κ3) is 11.6. The molecule has 69 heavy (non-hydrogen) atoms. The number of hydrogen-bond donors (Lipinski definition) is 2. The van der Waals surface area contributed by atoms with Crippen molar-refractivity contribution in [3.63, 3.8) is 0 Å². The fourth-order valence-electron chi connectivity index (χ4n) is 8.13. The number of anilines is 2. The number of likely N-dealkylation sites (tertiary alicyclic amines) is 1. The minimum atomic E-state index is -5.27. The van der Waals surface area contributed by atoms with Gasteiger partial charge in [0, 0.05) is 31.3 Å². The van der Waals surface area contributed by atoms with E-state index in [-0.39, 0.29) is 54.3 Å². The predicted octanol–water partition coefficient (Wildman–Crippen LogP) is 8.38. The summed E-state index contributed by atoms with van der Waals surface area (Å²) in [5, 5.41) is 14.4. The molecule has 2 saturated heterocycles. The first kappa shape index (κ1) is 51.8. The van der Waals surface area contributed by atoms with Crippen molar-refractivity contribution in [2.45, 2.75) is 97.1 Å². The lowest BCUT2D eigenvalue weighted by Crippen LogP contribution is -2.58. The van der Waals surface area contributed by atoms with Crippen molar-refractivity contribution >= 4 is 52.3 Å². The number of carbonyl (C=O) groups is 4. The largest absolute Gasteiger partial charge is 0.491 e. The number of nitrogens with one attached hydrogen (secondary N) is 2. The van der Waals surface area contributed by atoms with Gasteiger partial charge in [0.25, 0.3) is 5.91 Å². The summed E-state index contributed by atoms with van der Waals surface area (Å²) in [6, 6.07) is 15.4. The second kappa shape index (κ2) is 21.4. The van der Waals surface area contributed by atoms with Gasteiger partial charge in [0.05, 0.1) is 35.8 Å². The number of halogens is 6. The highest BCUT2D eigenvalue weighted by atomic mass is 32.1. The first-order valence-electron chi connectivity index (χ1n) is 22.1. The second-order valence-corrected chi connectivity index (χ2v) is 18.5. The number of aromatic nitrogens is 1. The minimum absolute atomic E-state index is 0.0331. The summed E-state index contributed by atoms with van der Waals surface area (Å²) >= 11 is 5.42. The van der Waals surface area contributed by atoms with E-state index in [1.165, 1.54) is 32.0 Å². The first-order chi connectivity index (χ1) is 32.6. The third-order valence-electron chi connectivity index (χ3n) is 11.7. The van der Waals surface area contributed by atoms with Gasteiger partial charge < -0.3 is 29.9 Å². The zero-order chi connectivity index (χ0) is 50.4. The van der Waals surface area contributed by atoms with Gasteiger partial charge in [0.15, 0.2) is 28.3 Å². The van der Waals surface area contributed by atoms with Crippen molar-refractivity contribution in [3.05, 3.63) is 107 Å². The normalized spacial score (nSPS) is 16.4. The Bertz CT molecular complexity index is 2640. The Morgan fingerprint density at radius 2 is 1.68 bits per heavy atom. The van der Waals surface area contributed by atoms with E-state index in [1.54, 1.807) is 4.90 Å². The molecule has 0 bridgehead atoms. The van der Waals surface area contributed by atoms with E-state index >= 15 is 13.2 Å². The number of hydrogen-bond acceptors (Lipinski definition) is 9. The number of nitriles is 1. The standard InChI is InChI=1S/C49H51F6N7O6S/c1-47(2,3)42(44(65)60-20-12-15-36(60)43(64)58-26-29-13-8-6-9-14-29)59-38(63)28-67-21-10-7-11-22-68-37-19-17-30(23-33(37)50)41-34(51)24-32(27-57-41)62-46(69)61(45(66)48(62,4)5)35-18-16-31(25-56)39(40(35)52)49(53,54)55/h6,8-9,13-14,16-19,23-24,27,36,42H,7,10-12,15,20-22,26,28H2,1-5H3,(H,58,64)(H,59,63)/t36-,42+/m0/s1. The van der Waals surface area contributed by atoms with Crippen LogP contribution in [0.15, 0.2) is 72.9 Å². The minimum Gasteiger partial charge on any atom is -0.491 e. The Morgan fingerprint density at radius 3 is 2.33 bits per heavy atom. The topological polar surface area (TPSA) is 157 Å². The van der Waals surface area contributed by atoms with Crippen molar-refractivity contribution in [2.24, 2.45) is 5.41 Å². The maximum atomic E-state index is 15.7. The molecule has 0 radical (unpaired) electrons. The molecular formula is C49H51F6N7O6S. The predicted molar refractivity (Wildman–Crippen MR) is 247 cm³/mol. The number of alkyl halides is 3. The molecule has 6 rings (SSSR count). The van der Waals surface area contributed by atoms with Gasteiger partial charge >= 0.3 is 6.18 Å². The summed E-state index contributed by atoms with van der Waals surface area (Å²) in [7, 11) is 0. The highest BCUT2D eigenvalue weighted by Crippen LogP contribution is 2.42. The summed E-state index contributed by atoms with van der Waals surface area (Å²) < 4.78 is 98.8. The van der Waals surface area contributed by atoms with Crippen molar-refractivity contribution in [3.8, 4) is 23.1 Å². The first-order valence-corrected chi connectivity index (χ1v) is 22.5. The smallest absolute Gasteiger partial charge is 0.420 e. The van der Waals surface area contributed by atoms with Crippen LogP contribution in [0.2, 0.25) is 0 Å². The van der Waals surface area contributed by atoms with Crippen molar-refractivity contribution < 1.29 is 55.0 Å². The molecule has 4 amide bonds. The Morgan fingerprint density at radius 1 is 0.971 bits per heavy atom. The number of nitrogens with zero attached hydrogens (tertiary/aromatic N) is 5. The Kier molecular flexibility index (Phi) is 16.0. The van der Waals surface area contributed by atoms with E-state index in [9.17, 15) is 32.3 Å². The molecule has 2 aliphatic heterocycles. The van der Waals surface area contributed by atoms with Crippen LogP contribution in [0.1, 0.15) is 83.4 Å². The average Bonchev–Trinajstić information content (AvgIpc) is 3.85. The van der Waals surface area contributed by atoms with E-state index in [1.807, 2.05) is 51.1 Å². The van der Waals surface area contributed by atoms with E-state index < -0.39 is 80.4 Å². The van der Waals surface area contributed by atoms with Crippen LogP contribution in [-0.4, -0.2) is 82.6 Å². The van der Waals surface area contributed by atoms with E-state index in [0.717, 1.165) is 40.9 Å². The number of pyridine rings is 1. The summed E-state index contributed by atoms with van der Waals surface area (Å²) in [5.74, 6) is -5.75. The monoisotopic (exact) mass is 979 g/mol. The summed E-state index contributed by atoms with van der Waals surface area (Å²) in [5.41, 5.74) is -5.44. The Balaban J connectivity index is 0.962. The third-order valence-corrected chi connectivity index (χ3v) is 12.1. The van der Waals surface area contributed by atoms with Crippen LogP contribution in [0.5, 0.6) is 5.75 Å². The molecule has 3 heterocycles. The van der Waals surface area contributed by atoms with E-state index in [0.29, 0.717) is 50.1 Å². The molecule has 2 fully saturated rings. The molecule has 366 valence electrons. The van der Waals surface area contributed by atoms with Gasteiger partial charge in [-0.25, -0.2) is 13.2 Å². The molecular weight excluding hydrogens is 929 g/mol. The molecule has 0 saturated carbocycles. The van der Waals surface area contributed by atoms with Gasteiger partial charge in [-0.2, -0.15) is 18.4 Å². The molecule has 3 aromatic carbocycles. The highest BCUT2D eigenvalue weighted by Gasteiger charge is 2.52. The maximum Gasteiger partial charge on any atom is 0.420 e. The number of amides is 4.